The summed E-state index contributed by atoms with van der Waals surface area (Å²) in [6.07, 6.45) is 3.54. The first-order valence-corrected chi connectivity index (χ1v) is 7.51. The first kappa shape index (κ1) is 15.7. The van der Waals surface area contributed by atoms with Gasteiger partial charge in [-0.25, -0.2) is 0 Å². The van der Waals surface area contributed by atoms with E-state index in [1.165, 1.54) is 11.3 Å². The van der Waals surface area contributed by atoms with Gasteiger partial charge in [0.15, 0.2) is 0 Å². The number of nitriles is 1. The third-order valence-corrected chi connectivity index (χ3v) is 4.43. The molecule has 2 amide bonds. The van der Waals surface area contributed by atoms with Crippen LogP contribution in [0.15, 0.2) is 11.1 Å². The summed E-state index contributed by atoms with van der Waals surface area (Å²) in [5.74, 6) is -1.26. The van der Waals surface area contributed by atoms with Crippen LogP contribution in [0.3, 0.4) is 0 Å². The Morgan fingerprint density at radius 2 is 2.00 bits per heavy atom. The molecule has 2 rings (SSSR count). The SMILES string of the molecule is CC1=C(C#N)C(=O)N(CCO)C(=O)[C@@H]1C[NH+]1CCCCC1. The first-order valence-electron chi connectivity index (χ1n) is 7.51. The Hall–Kier alpha value is -1.71. The average Bonchev–Trinajstić information content (AvgIpc) is 2.50. The highest BCUT2D eigenvalue weighted by molar-refractivity contribution is 6.11. The van der Waals surface area contributed by atoms with Crippen molar-refractivity contribution in [3.63, 3.8) is 0 Å². The molecule has 1 atom stereocenters. The zero-order valence-electron chi connectivity index (χ0n) is 12.4. The van der Waals surface area contributed by atoms with Gasteiger partial charge >= 0.3 is 0 Å². The quantitative estimate of drug-likeness (QED) is 0.642. The highest BCUT2D eigenvalue weighted by Gasteiger charge is 2.40. The molecule has 0 radical (unpaired) electrons. The monoisotopic (exact) mass is 292 g/mol. The molecule has 0 aromatic rings. The number of nitrogens with one attached hydrogen (secondary N) is 1. The van der Waals surface area contributed by atoms with Crippen molar-refractivity contribution in [3.05, 3.63) is 11.1 Å². The molecule has 2 heterocycles. The van der Waals surface area contributed by atoms with Gasteiger partial charge in [-0.15, -0.1) is 0 Å². The molecule has 1 fully saturated rings. The Kier molecular flexibility index (Phi) is 5.10. The Labute approximate surface area is 124 Å². The van der Waals surface area contributed by atoms with Crippen LogP contribution in [0.25, 0.3) is 0 Å². The number of quaternary nitrogens is 1. The van der Waals surface area contributed by atoms with Crippen LogP contribution in [0.2, 0.25) is 0 Å². The Morgan fingerprint density at radius 3 is 2.57 bits per heavy atom. The molecule has 2 aliphatic rings. The standard InChI is InChI=1S/C15H21N3O3/c1-11-12(9-16)14(20)18(7-8-19)15(21)13(11)10-17-5-3-2-4-6-17/h13,19H,2-8,10H2,1H3/p+1/t13-/m1/s1. The molecule has 2 aliphatic heterocycles. The van der Waals surface area contributed by atoms with Gasteiger partial charge < -0.3 is 10.0 Å². The molecule has 0 aromatic heterocycles. The lowest BCUT2D eigenvalue weighted by molar-refractivity contribution is -0.906. The summed E-state index contributed by atoms with van der Waals surface area (Å²) in [5, 5.41) is 18.2. The van der Waals surface area contributed by atoms with Crippen LogP contribution in [0.5, 0.6) is 0 Å². The van der Waals surface area contributed by atoms with E-state index in [1.807, 2.05) is 6.07 Å². The molecular formula is C15H22N3O3+. The van der Waals surface area contributed by atoms with Crippen molar-refractivity contribution in [2.75, 3.05) is 32.8 Å². The van der Waals surface area contributed by atoms with Gasteiger partial charge in [0.05, 0.1) is 32.8 Å². The maximum atomic E-state index is 12.5. The third-order valence-electron chi connectivity index (χ3n) is 4.43. The summed E-state index contributed by atoms with van der Waals surface area (Å²) in [6, 6.07) is 1.92. The van der Waals surface area contributed by atoms with Gasteiger partial charge in [0.25, 0.3) is 5.91 Å². The smallest absolute Gasteiger partial charge is 0.271 e. The Bertz CT molecular complexity index is 501. The summed E-state index contributed by atoms with van der Waals surface area (Å²) >= 11 is 0. The third kappa shape index (κ3) is 3.14. The number of β-amino-alcohol motifs (C(OH)–C–C–N with tert-alkyl or cyclic N) is 1. The second-order valence-corrected chi connectivity index (χ2v) is 5.76. The van der Waals surface area contributed by atoms with Gasteiger partial charge in [0.1, 0.15) is 17.6 Å². The number of rotatable bonds is 4. The number of piperidine rings is 1. The molecule has 1 saturated heterocycles. The number of hydrogen-bond acceptors (Lipinski definition) is 4. The van der Waals surface area contributed by atoms with Crippen molar-refractivity contribution < 1.29 is 19.6 Å². The topological polar surface area (TPSA) is 85.8 Å². The number of hydrogen-bond donors (Lipinski definition) is 2. The number of nitrogens with zero attached hydrogens (tertiary/aromatic N) is 2. The van der Waals surface area contributed by atoms with Gasteiger partial charge in [-0.2, -0.15) is 5.26 Å². The summed E-state index contributed by atoms with van der Waals surface area (Å²) in [5.41, 5.74) is 0.643. The molecule has 21 heavy (non-hydrogen) atoms. The second-order valence-electron chi connectivity index (χ2n) is 5.76. The zero-order chi connectivity index (χ0) is 15.4. The van der Waals surface area contributed by atoms with Gasteiger partial charge in [-0.3, -0.25) is 14.5 Å². The van der Waals surface area contributed by atoms with Crippen molar-refractivity contribution in [3.8, 4) is 6.07 Å². The number of aliphatic hydroxyl groups is 1. The number of aliphatic hydroxyl groups excluding tert-OH is 1. The van der Waals surface area contributed by atoms with Crippen LogP contribution in [0, 0.1) is 17.2 Å². The lowest BCUT2D eigenvalue weighted by Gasteiger charge is -2.33. The van der Waals surface area contributed by atoms with Crippen LogP contribution < -0.4 is 4.90 Å². The maximum absolute atomic E-state index is 12.5. The summed E-state index contributed by atoms with van der Waals surface area (Å²) < 4.78 is 0. The van der Waals surface area contributed by atoms with Gasteiger partial charge in [-0.05, 0) is 31.8 Å². The average molecular weight is 292 g/mol. The molecule has 0 saturated carbocycles. The zero-order valence-corrected chi connectivity index (χ0v) is 12.4. The largest absolute Gasteiger partial charge is 0.395 e. The first-order chi connectivity index (χ1) is 10.1. The molecule has 0 unspecified atom stereocenters. The Morgan fingerprint density at radius 1 is 1.33 bits per heavy atom. The summed E-state index contributed by atoms with van der Waals surface area (Å²) in [6.45, 7) is 4.09. The van der Waals surface area contributed by atoms with E-state index in [0.717, 1.165) is 30.8 Å². The van der Waals surface area contributed by atoms with Crippen LogP contribution >= 0.6 is 0 Å². The van der Waals surface area contributed by atoms with E-state index in [0.29, 0.717) is 12.1 Å². The molecule has 114 valence electrons. The lowest BCUT2D eigenvalue weighted by atomic mass is 9.89. The minimum Gasteiger partial charge on any atom is -0.395 e. The predicted molar refractivity (Wildman–Crippen MR) is 75.0 cm³/mol. The van der Waals surface area contributed by atoms with E-state index in [1.54, 1.807) is 6.92 Å². The van der Waals surface area contributed by atoms with Gasteiger partial charge in [-0.1, -0.05) is 0 Å². The van der Waals surface area contributed by atoms with Gasteiger partial charge in [0.2, 0.25) is 5.91 Å². The number of carbonyl (C=O) groups is 2. The maximum Gasteiger partial charge on any atom is 0.271 e. The van der Waals surface area contributed by atoms with Crippen molar-refractivity contribution in [1.29, 1.82) is 5.26 Å². The highest BCUT2D eigenvalue weighted by Crippen LogP contribution is 2.24. The van der Waals surface area contributed by atoms with E-state index < -0.39 is 11.8 Å². The van der Waals surface area contributed by atoms with Crippen molar-refractivity contribution in [1.82, 2.24) is 4.90 Å². The Balaban J connectivity index is 2.24. The molecule has 2 N–H and O–H groups in total. The van der Waals surface area contributed by atoms with Crippen LogP contribution in [0.1, 0.15) is 26.2 Å². The number of carbonyl (C=O) groups excluding carboxylic acids is 2. The molecule has 0 aliphatic carbocycles. The summed E-state index contributed by atoms with van der Waals surface area (Å²) in [7, 11) is 0. The van der Waals surface area contributed by atoms with E-state index in [4.69, 9.17) is 5.11 Å². The predicted octanol–water partition coefficient (Wildman–Crippen LogP) is -1.13. The van der Waals surface area contributed by atoms with E-state index >= 15 is 0 Å². The van der Waals surface area contributed by atoms with E-state index in [-0.39, 0.29) is 24.6 Å². The van der Waals surface area contributed by atoms with Crippen LogP contribution in [0.4, 0.5) is 0 Å². The van der Waals surface area contributed by atoms with Crippen molar-refractivity contribution in [2.24, 2.45) is 5.92 Å². The van der Waals surface area contributed by atoms with Crippen molar-refractivity contribution in [2.45, 2.75) is 26.2 Å². The minimum atomic E-state index is -0.570. The van der Waals surface area contributed by atoms with Crippen LogP contribution in [-0.2, 0) is 9.59 Å². The minimum absolute atomic E-state index is 0.0397. The fraction of sp³-hybridized carbons (Fsp3) is 0.667. The number of likely N-dealkylation sites (tertiary alicyclic amines) is 1. The van der Waals surface area contributed by atoms with E-state index in [9.17, 15) is 14.9 Å². The van der Waals surface area contributed by atoms with Crippen molar-refractivity contribution >= 4 is 11.8 Å². The summed E-state index contributed by atoms with van der Waals surface area (Å²) in [4.78, 5) is 27.0. The fourth-order valence-electron chi connectivity index (χ4n) is 3.18. The molecular weight excluding hydrogens is 270 g/mol. The van der Waals surface area contributed by atoms with Gasteiger partial charge in [0, 0.05) is 0 Å². The lowest BCUT2D eigenvalue weighted by Crippen LogP contribution is -3.13. The number of amides is 2. The molecule has 6 heteroatoms. The second kappa shape index (κ2) is 6.83. The molecule has 0 bridgehead atoms. The molecule has 6 nitrogen and oxygen atoms in total. The highest BCUT2D eigenvalue weighted by atomic mass is 16.3. The van der Waals surface area contributed by atoms with E-state index in [2.05, 4.69) is 0 Å². The van der Waals surface area contributed by atoms with Crippen LogP contribution in [-0.4, -0.2) is 54.6 Å². The molecule has 0 spiro atoms. The molecule has 0 aromatic carbocycles. The normalized spacial score (nSPS) is 24.4. The fourth-order valence-corrected chi connectivity index (χ4v) is 3.18. The number of imide groups is 1.